The number of carbonyl (C=O) groups excluding carboxylic acids is 1. The molecule has 1 aromatic carbocycles. The fourth-order valence-corrected chi connectivity index (χ4v) is 3.03. The SMILES string of the molecule is N#Cc1c(Cl)csc1NC(=O)c1cc2ccccc2c(=O)o1. The predicted octanol–water partition coefficient (Wildman–Crippen LogP) is 3.63. The number of hydrogen-bond donors (Lipinski definition) is 1. The number of anilines is 1. The maximum atomic E-state index is 12.2. The van der Waals surface area contributed by atoms with Crippen LogP contribution in [0.3, 0.4) is 0 Å². The van der Waals surface area contributed by atoms with Crippen LogP contribution in [0, 0.1) is 11.3 Å². The van der Waals surface area contributed by atoms with Crippen LogP contribution in [0.2, 0.25) is 5.02 Å². The summed E-state index contributed by atoms with van der Waals surface area (Å²) in [5.74, 6) is -0.741. The van der Waals surface area contributed by atoms with E-state index in [4.69, 9.17) is 21.3 Å². The maximum Gasteiger partial charge on any atom is 0.344 e. The van der Waals surface area contributed by atoms with Crippen LogP contribution >= 0.6 is 22.9 Å². The van der Waals surface area contributed by atoms with E-state index in [0.717, 1.165) is 11.3 Å². The van der Waals surface area contributed by atoms with Gasteiger partial charge in [-0.3, -0.25) is 4.79 Å². The summed E-state index contributed by atoms with van der Waals surface area (Å²) in [6.07, 6.45) is 0. The van der Waals surface area contributed by atoms with E-state index < -0.39 is 11.5 Å². The van der Waals surface area contributed by atoms with Crippen molar-refractivity contribution in [1.29, 1.82) is 5.26 Å². The van der Waals surface area contributed by atoms with Gasteiger partial charge in [0.25, 0.3) is 5.91 Å². The molecule has 0 aliphatic rings. The van der Waals surface area contributed by atoms with E-state index >= 15 is 0 Å². The molecule has 0 bridgehead atoms. The molecule has 2 aromatic heterocycles. The van der Waals surface area contributed by atoms with Crippen LogP contribution in [0.15, 0.2) is 44.9 Å². The molecule has 2 heterocycles. The number of halogens is 1. The van der Waals surface area contributed by atoms with Gasteiger partial charge < -0.3 is 9.73 Å². The van der Waals surface area contributed by atoms with Gasteiger partial charge in [0, 0.05) is 5.38 Å². The smallest absolute Gasteiger partial charge is 0.344 e. The van der Waals surface area contributed by atoms with Crippen LogP contribution in [0.5, 0.6) is 0 Å². The summed E-state index contributed by atoms with van der Waals surface area (Å²) in [5, 5.41) is 14.7. The summed E-state index contributed by atoms with van der Waals surface area (Å²) < 4.78 is 5.03. The molecular formula is C15H7ClN2O3S. The van der Waals surface area contributed by atoms with Crippen molar-refractivity contribution in [2.24, 2.45) is 0 Å². The lowest BCUT2D eigenvalue weighted by Crippen LogP contribution is -2.14. The molecule has 0 fully saturated rings. The molecule has 7 heteroatoms. The molecule has 0 saturated carbocycles. The van der Waals surface area contributed by atoms with Crippen molar-refractivity contribution >= 4 is 44.6 Å². The van der Waals surface area contributed by atoms with Crippen molar-refractivity contribution in [1.82, 2.24) is 0 Å². The van der Waals surface area contributed by atoms with Crippen LogP contribution in [-0.2, 0) is 0 Å². The van der Waals surface area contributed by atoms with Gasteiger partial charge in [0.1, 0.15) is 16.6 Å². The van der Waals surface area contributed by atoms with Gasteiger partial charge in [0.2, 0.25) is 0 Å². The van der Waals surface area contributed by atoms with Crippen molar-refractivity contribution in [3.8, 4) is 6.07 Å². The third-order valence-corrected chi connectivity index (χ3v) is 4.30. The van der Waals surface area contributed by atoms with Crippen LogP contribution in [0.4, 0.5) is 5.00 Å². The van der Waals surface area contributed by atoms with Crippen molar-refractivity contribution < 1.29 is 9.21 Å². The molecule has 0 aliphatic carbocycles. The van der Waals surface area contributed by atoms with Crippen molar-refractivity contribution in [3.05, 3.63) is 62.5 Å². The zero-order valence-corrected chi connectivity index (χ0v) is 12.5. The number of amides is 1. The van der Waals surface area contributed by atoms with Crippen molar-refractivity contribution in [2.45, 2.75) is 0 Å². The molecule has 108 valence electrons. The van der Waals surface area contributed by atoms with Crippen LogP contribution in [-0.4, -0.2) is 5.91 Å². The lowest BCUT2D eigenvalue weighted by Gasteiger charge is -2.03. The molecule has 0 atom stereocenters. The number of hydrogen-bond acceptors (Lipinski definition) is 5. The van der Waals surface area contributed by atoms with Crippen LogP contribution in [0.25, 0.3) is 10.8 Å². The third-order valence-electron chi connectivity index (χ3n) is 2.98. The van der Waals surface area contributed by atoms with E-state index in [-0.39, 0.29) is 16.3 Å². The number of nitrogens with one attached hydrogen (secondary N) is 1. The number of rotatable bonds is 2. The fraction of sp³-hybridized carbons (Fsp3) is 0. The largest absolute Gasteiger partial charge is 0.417 e. The van der Waals surface area contributed by atoms with Crippen LogP contribution in [0.1, 0.15) is 16.1 Å². The van der Waals surface area contributed by atoms with E-state index in [1.165, 1.54) is 6.07 Å². The summed E-state index contributed by atoms with van der Waals surface area (Å²) >= 11 is 6.97. The van der Waals surface area contributed by atoms with Gasteiger partial charge in [-0.05, 0) is 17.5 Å². The quantitative estimate of drug-likeness (QED) is 0.777. The maximum absolute atomic E-state index is 12.2. The summed E-state index contributed by atoms with van der Waals surface area (Å²) in [5.41, 5.74) is -0.406. The molecule has 22 heavy (non-hydrogen) atoms. The van der Waals surface area contributed by atoms with E-state index in [9.17, 15) is 9.59 Å². The second-order valence-electron chi connectivity index (χ2n) is 4.34. The van der Waals surface area contributed by atoms with Gasteiger partial charge in [-0.2, -0.15) is 5.26 Å². The van der Waals surface area contributed by atoms with Crippen molar-refractivity contribution in [3.63, 3.8) is 0 Å². The molecule has 0 spiro atoms. The van der Waals surface area contributed by atoms with Crippen molar-refractivity contribution in [2.75, 3.05) is 5.32 Å². The van der Waals surface area contributed by atoms with E-state index in [1.807, 2.05) is 6.07 Å². The Morgan fingerprint density at radius 3 is 2.91 bits per heavy atom. The minimum Gasteiger partial charge on any atom is -0.417 e. The second-order valence-corrected chi connectivity index (χ2v) is 5.63. The van der Waals surface area contributed by atoms with E-state index in [0.29, 0.717) is 15.8 Å². The monoisotopic (exact) mass is 330 g/mol. The average Bonchev–Trinajstić information content (AvgIpc) is 2.87. The lowest BCUT2D eigenvalue weighted by molar-refractivity contribution is 0.0993. The highest BCUT2D eigenvalue weighted by atomic mass is 35.5. The number of fused-ring (bicyclic) bond motifs is 1. The Labute approximate surface area is 133 Å². The molecule has 0 unspecified atom stereocenters. The summed E-state index contributed by atoms with van der Waals surface area (Å²) in [7, 11) is 0. The Morgan fingerprint density at radius 2 is 2.14 bits per heavy atom. The molecule has 0 aliphatic heterocycles. The van der Waals surface area contributed by atoms with Gasteiger partial charge in [-0.1, -0.05) is 29.8 Å². The van der Waals surface area contributed by atoms with Gasteiger partial charge in [-0.25, -0.2) is 4.79 Å². The number of carbonyl (C=O) groups is 1. The van der Waals surface area contributed by atoms with Gasteiger partial charge in [0.05, 0.1) is 10.4 Å². The minimum atomic E-state index is -0.613. The Balaban J connectivity index is 1.99. The zero-order chi connectivity index (χ0) is 15.7. The van der Waals surface area contributed by atoms with E-state index in [2.05, 4.69) is 5.32 Å². The van der Waals surface area contributed by atoms with Gasteiger partial charge >= 0.3 is 5.63 Å². The first-order chi connectivity index (χ1) is 10.6. The number of thiophene rings is 1. The Kier molecular flexibility index (Phi) is 3.67. The molecule has 3 rings (SSSR count). The lowest BCUT2D eigenvalue weighted by atomic mass is 10.1. The third kappa shape index (κ3) is 2.48. The Hall–Kier alpha value is -2.62. The van der Waals surface area contributed by atoms with Gasteiger partial charge in [-0.15, -0.1) is 11.3 Å². The van der Waals surface area contributed by atoms with E-state index in [1.54, 1.807) is 29.6 Å². The minimum absolute atomic E-state index is 0.128. The number of nitriles is 1. The topological polar surface area (TPSA) is 83.1 Å². The second kappa shape index (κ2) is 5.64. The first kappa shape index (κ1) is 14.3. The normalized spacial score (nSPS) is 10.4. The highest BCUT2D eigenvalue weighted by molar-refractivity contribution is 7.15. The molecule has 5 nitrogen and oxygen atoms in total. The average molecular weight is 331 g/mol. The van der Waals surface area contributed by atoms with Gasteiger partial charge in [0.15, 0.2) is 5.76 Å². The fourth-order valence-electron chi connectivity index (χ4n) is 1.94. The zero-order valence-electron chi connectivity index (χ0n) is 10.9. The molecule has 0 saturated heterocycles. The molecular weight excluding hydrogens is 324 g/mol. The Bertz CT molecular complexity index is 984. The summed E-state index contributed by atoms with van der Waals surface area (Å²) in [6.45, 7) is 0. The highest BCUT2D eigenvalue weighted by Crippen LogP contribution is 2.31. The number of nitrogens with zero attached hydrogens (tertiary/aromatic N) is 1. The summed E-state index contributed by atoms with van der Waals surface area (Å²) in [6, 6.07) is 10.2. The first-order valence-electron chi connectivity index (χ1n) is 6.11. The first-order valence-corrected chi connectivity index (χ1v) is 7.37. The predicted molar refractivity (Wildman–Crippen MR) is 84.5 cm³/mol. The molecule has 1 amide bonds. The Morgan fingerprint density at radius 1 is 1.36 bits per heavy atom. The molecule has 0 radical (unpaired) electrons. The number of benzene rings is 1. The highest BCUT2D eigenvalue weighted by Gasteiger charge is 2.16. The molecule has 3 aromatic rings. The molecule has 1 N–H and O–H groups in total. The standard InChI is InChI=1S/C15H7ClN2O3S/c16-11-7-22-14(10(11)6-17)18-13(19)12-5-8-3-1-2-4-9(8)15(20)21-12/h1-5,7H,(H,18,19). The van der Waals surface area contributed by atoms with Crippen LogP contribution < -0.4 is 10.9 Å². The summed E-state index contributed by atoms with van der Waals surface area (Å²) in [4.78, 5) is 24.1.